The minimum Gasteiger partial charge on any atom is -0.458 e. The summed E-state index contributed by atoms with van der Waals surface area (Å²) in [6, 6.07) is 0. The molecule has 0 bridgehead atoms. The summed E-state index contributed by atoms with van der Waals surface area (Å²) >= 11 is 0. The van der Waals surface area contributed by atoms with Crippen LogP contribution in [0.4, 0.5) is 0 Å². The van der Waals surface area contributed by atoms with E-state index in [1.807, 2.05) is 0 Å². The van der Waals surface area contributed by atoms with E-state index in [1.54, 1.807) is 0 Å². The van der Waals surface area contributed by atoms with E-state index in [0.717, 1.165) is 19.4 Å². The molecular weight excluding hydrogens is 192 g/mol. The van der Waals surface area contributed by atoms with Crippen LogP contribution in [0.1, 0.15) is 38.5 Å². The highest BCUT2D eigenvalue weighted by Gasteiger charge is 2.68. The van der Waals surface area contributed by atoms with Crippen LogP contribution in [0.5, 0.6) is 0 Å². The van der Waals surface area contributed by atoms with Crippen LogP contribution in [-0.4, -0.2) is 23.8 Å². The Hall–Kier alpha value is -0.570. The molecule has 4 fully saturated rings. The summed E-state index contributed by atoms with van der Waals surface area (Å²) < 4.78 is 11.3. The minimum atomic E-state index is -0.105. The lowest BCUT2D eigenvalue weighted by Crippen LogP contribution is -2.42. The van der Waals surface area contributed by atoms with Crippen LogP contribution in [-0.2, 0) is 14.3 Å². The van der Waals surface area contributed by atoms with Crippen LogP contribution in [0.3, 0.4) is 0 Å². The standard InChI is InChI=1S/C12H16O3/c13-10-4-8-2-1-3-9-5-11(7-14-11)6-12(8,9)15-10/h8-9H,1-7H2. The van der Waals surface area contributed by atoms with Gasteiger partial charge in [-0.05, 0) is 19.3 Å². The first-order chi connectivity index (χ1) is 7.23. The second-order valence-electron chi connectivity index (χ2n) is 5.81. The second kappa shape index (κ2) is 2.40. The van der Waals surface area contributed by atoms with E-state index >= 15 is 0 Å². The molecule has 0 aromatic rings. The van der Waals surface area contributed by atoms with E-state index in [-0.39, 0.29) is 17.2 Å². The maximum absolute atomic E-state index is 11.5. The monoisotopic (exact) mass is 208 g/mol. The fourth-order valence-corrected chi connectivity index (χ4v) is 4.28. The smallest absolute Gasteiger partial charge is 0.306 e. The Labute approximate surface area is 89.1 Å². The number of carbonyl (C=O) groups is 1. The molecular formula is C12H16O3. The normalized spacial score (nSPS) is 56.4. The molecule has 3 heteroatoms. The Bertz CT molecular complexity index is 334. The SMILES string of the molecule is O=C1CC2CCCC3CC4(CO4)CC23O1. The van der Waals surface area contributed by atoms with Crippen molar-refractivity contribution in [2.45, 2.75) is 49.7 Å². The number of carbonyl (C=O) groups excluding carboxylic acids is 1. The molecule has 2 saturated heterocycles. The second-order valence-corrected chi connectivity index (χ2v) is 5.81. The maximum Gasteiger partial charge on any atom is 0.306 e. The molecule has 2 saturated carbocycles. The lowest BCUT2D eigenvalue weighted by Gasteiger charge is -2.39. The van der Waals surface area contributed by atoms with Crippen molar-refractivity contribution >= 4 is 5.97 Å². The number of rotatable bonds is 0. The van der Waals surface area contributed by atoms with Gasteiger partial charge in [0, 0.05) is 18.3 Å². The van der Waals surface area contributed by atoms with E-state index in [4.69, 9.17) is 9.47 Å². The van der Waals surface area contributed by atoms with E-state index in [0.29, 0.717) is 18.3 Å². The average molecular weight is 208 g/mol. The molecule has 15 heavy (non-hydrogen) atoms. The van der Waals surface area contributed by atoms with Gasteiger partial charge < -0.3 is 9.47 Å². The molecule has 2 heterocycles. The van der Waals surface area contributed by atoms with Crippen LogP contribution < -0.4 is 0 Å². The van der Waals surface area contributed by atoms with Crippen LogP contribution in [0, 0.1) is 11.8 Å². The van der Waals surface area contributed by atoms with Crippen molar-refractivity contribution in [3.8, 4) is 0 Å². The van der Waals surface area contributed by atoms with Crippen molar-refractivity contribution in [1.82, 2.24) is 0 Å². The Morgan fingerprint density at radius 2 is 2.07 bits per heavy atom. The first-order valence-corrected chi connectivity index (χ1v) is 6.08. The van der Waals surface area contributed by atoms with Gasteiger partial charge in [-0.2, -0.15) is 0 Å². The Kier molecular flexibility index (Phi) is 1.37. The molecule has 4 aliphatic rings. The summed E-state index contributed by atoms with van der Waals surface area (Å²) in [4.78, 5) is 11.5. The molecule has 0 aromatic heterocycles. The van der Waals surface area contributed by atoms with Gasteiger partial charge in [0.05, 0.1) is 18.6 Å². The van der Waals surface area contributed by atoms with Crippen LogP contribution in [0.25, 0.3) is 0 Å². The van der Waals surface area contributed by atoms with Crippen molar-refractivity contribution in [3.05, 3.63) is 0 Å². The molecule has 2 spiro atoms. The van der Waals surface area contributed by atoms with E-state index < -0.39 is 0 Å². The zero-order valence-electron chi connectivity index (χ0n) is 8.83. The molecule has 2 aliphatic heterocycles. The van der Waals surface area contributed by atoms with Crippen molar-refractivity contribution < 1.29 is 14.3 Å². The van der Waals surface area contributed by atoms with Gasteiger partial charge in [0.15, 0.2) is 0 Å². The summed E-state index contributed by atoms with van der Waals surface area (Å²) in [5, 5.41) is 0. The minimum absolute atomic E-state index is 0.0320. The largest absolute Gasteiger partial charge is 0.458 e. The van der Waals surface area contributed by atoms with Crippen molar-refractivity contribution in [2.75, 3.05) is 6.61 Å². The number of hydrogen-bond donors (Lipinski definition) is 0. The number of epoxide rings is 1. The van der Waals surface area contributed by atoms with E-state index in [9.17, 15) is 4.79 Å². The summed E-state index contributed by atoms with van der Waals surface area (Å²) in [7, 11) is 0. The lowest BCUT2D eigenvalue weighted by molar-refractivity contribution is -0.155. The third kappa shape index (κ3) is 0.975. The third-order valence-corrected chi connectivity index (χ3v) is 4.97. The highest BCUT2D eigenvalue weighted by atomic mass is 16.6. The van der Waals surface area contributed by atoms with Crippen molar-refractivity contribution in [2.24, 2.45) is 11.8 Å². The molecule has 82 valence electrons. The number of ether oxygens (including phenoxy) is 2. The molecule has 4 rings (SSSR count). The quantitative estimate of drug-likeness (QED) is 0.449. The van der Waals surface area contributed by atoms with Gasteiger partial charge in [-0.3, -0.25) is 4.79 Å². The molecule has 2 aliphatic carbocycles. The van der Waals surface area contributed by atoms with Crippen LogP contribution in [0.2, 0.25) is 0 Å². The highest BCUT2D eigenvalue weighted by molar-refractivity contribution is 5.73. The summed E-state index contributed by atoms with van der Waals surface area (Å²) in [5.74, 6) is 1.11. The topological polar surface area (TPSA) is 38.8 Å². The Morgan fingerprint density at radius 1 is 1.27 bits per heavy atom. The molecule has 0 aromatic carbocycles. The van der Waals surface area contributed by atoms with E-state index in [2.05, 4.69) is 0 Å². The predicted octanol–water partition coefficient (Wildman–Crippen LogP) is 1.65. The van der Waals surface area contributed by atoms with E-state index in [1.165, 1.54) is 19.3 Å². The molecule has 3 nitrogen and oxygen atoms in total. The fourth-order valence-electron chi connectivity index (χ4n) is 4.28. The average Bonchev–Trinajstić information content (AvgIpc) is 2.70. The molecule has 4 unspecified atom stereocenters. The summed E-state index contributed by atoms with van der Waals surface area (Å²) in [5.41, 5.74) is 0.0176. The van der Waals surface area contributed by atoms with Gasteiger partial charge in [0.1, 0.15) is 5.60 Å². The van der Waals surface area contributed by atoms with Gasteiger partial charge in [0.2, 0.25) is 0 Å². The predicted molar refractivity (Wildman–Crippen MR) is 52.2 cm³/mol. The molecule has 0 amide bonds. The summed E-state index contributed by atoms with van der Waals surface area (Å²) in [6.07, 6.45) is 6.46. The fraction of sp³-hybridized carbons (Fsp3) is 0.917. The lowest BCUT2D eigenvalue weighted by atomic mass is 9.70. The van der Waals surface area contributed by atoms with Gasteiger partial charge in [-0.25, -0.2) is 0 Å². The molecule has 4 atom stereocenters. The Morgan fingerprint density at radius 3 is 2.87 bits per heavy atom. The zero-order chi connectivity index (χ0) is 10.1. The number of hydrogen-bond acceptors (Lipinski definition) is 3. The zero-order valence-corrected chi connectivity index (χ0v) is 8.83. The third-order valence-electron chi connectivity index (χ3n) is 4.97. The maximum atomic E-state index is 11.5. The number of esters is 1. The van der Waals surface area contributed by atoms with Crippen LogP contribution in [0.15, 0.2) is 0 Å². The highest BCUT2D eigenvalue weighted by Crippen LogP contribution is 2.62. The van der Waals surface area contributed by atoms with Crippen molar-refractivity contribution in [3.63, 3.8) is 0 Å². The van der Waals surface area contributed by atoms with Gasteiger partial charge in [-0.1, -0.05) is 6.42 Å². The summed E-state index contributed by atoms with van der Waals surface area (Å²) in [6.45, 7) is 0.898. The van der Waals surface area contributed by atoms with Crippen molar-refractivity contribution in [1.29, 1.82) is 0 Å². The van der Waals surface area contributed by atoms with Gasteiger partial charge >= 0.3 is 5.97 Å². The van der Waals surface area contributed by atoms with Gasteiger partial charge in [0.25, 0.3) is 0 Å². The first kappa shape index (κ1) is 8.57. The Balaban J connectivity index is 1.75. The first-order valence-electron chi connectivity index (χ1n) is 6.08. The molecule has 0 N–H and O–H groups in total. The van der Waals surface area contributed by atoms with Crippen LogP contribution >= 0.6 is 0 Å². The van der Waals surface area contributed by atoms with Gasteiger partial charge in [-0.15, -0.1) is 0 Å². The molecule has 0 radical (unpaired) electrons.